The highest BCUT2D eigenvalue weighted by Gasteiger charge is 2.33. The van der Waals surface area contributed by atoms with Gasteiger partial charge in [-0.2, -0.15) is 0 Å². The van der Waals surface area contributed by atoms with E-state index in [1.54, 1.807) is 36.4 Å². The van der Waals surface area contributed by atoms with Crippen LogP contribution in [0.4, 0.5) is 0 Å². The zero-order chi connectivity index (χ0) is 27.2. The highest BCUT2D eigenvalue weighted by molar-refractivity contribution is 9.10. The van der Waals surface area contributed by atoms with E-state index < -0.39 is 17.5 Å². The molecule has 196 valence electrons. The molecule has 37 heavy (non-hydrogen) atoms. The van der Waals surface area contributed by atoms with Crippen LogP contribution in [0.1, 0.15) is 31.9 Å². The standard InChI is InChI=1S/C28H28BrCl3N2O3/c1-28(2,3)33-27(36)24(14-18-8-5-4-6-9-18)34(16-20-22(31)10-7-11-23(20)32)26(35)17-37-25-13-12-19(30)15-21(25)29/h4-13,15,24H,14,16-17H2,1-3H3,(H,33,36). The highest BCUT2D eigenvalue weighted by atomic mass is 79.9. The Balaban J connectivity index is 1.99. The average Bonchev–Trinajstić information content (AvgIpc) is 2.81. The molecule has 0 spiro atoms. The van der Waals surface area contributed by atoms with Gasteiger partial charge < -0.3 is 15.0 Å². The number of halogens is 4. The maximum absolute atomic E-state index is 13.7. The SMILES string of the molecule is CC(C)(C)NC(=O)C(Cc1ccccc1)N(Cc1c(Cl)cccc1Cl)C(=O)COc1ccc(Cl)cc1Br. The number of carbonyl (C=O) groups is 2. The average molecular weight is 627 g/mol. The maximum Gasteiger partial charge on any atom is 0.261 e. The summed E-state index contributed by atoms with van der Waals surface area (Å²) in [6.07, 6.45) is 0.293. The van der Waals surface area contributed by atoms with E-state index in [0.717, 1.165) is 5.56 Å². The molecule has 2 amide bonds. The van der Waals surface area contributed by atoms with Crippen LogP contribution in [-0.4, -0.2) is 34.9 Å². The van der Waals surface area contributed by atoms with Crippen molar-refractivity contribution in [3.05, 3.63) is 97.4 Å². The van der Waals surface area contributed by atoms with Gasteiger partial charge in [-0.05, 0) is 72.6 Å². The van der Waals surface area contributed by atoms with E-state index in [0.29, 0.717) is 37.3 Å². The molecule has 0 aromatic heterocycles. The van der Waals surface area contributed by atoms with Crippen LogP contribution in [0.15, 0.2) is 71.2 Å². The molecule has 0 bridgehead atoms. The molecule has 0 heterocycles. The molecule has 5 nitrogen and oxygen atoms in total. The fraction of sp³-hybridized carbons (Fsp3) is 0.286. The second-order valence-electron chi connectivity index (χ2n) is 9.53. The molecule has 0 radical (unpaired) electrons. The quantitative estimate of drug-likeness (QED) is 0.270. The lowest BCUT2D eigenvalue weighted by Crippen LogP contribution is -2.55. The van der Waals surface area contributed by atoms with Crippen molar-refractivity contribution in [3.63, 3.8) is 0 Å². The van der Waals surface area contributed by atoms with Crippen LogP contribution < -0.4 is 10.1 Å². The topological polar surface area (TPSA) is 58.6 Å². The normalized spacial score (nSPS) is 12.1. The van der Waals surface area contributed by atoms with Crippen molar-refractivity contribution in [2.45, 2.75) is 45.3 Å². The molecule has 0 aliphatic carbocycles. The van der Waals surface area contributed by atoms with Gasteiger partial charge in [0.25, 0.3) is 5.91 Å². The summed E-state index contributed by atoms with van der Waals surface area (Å²) >= 11 is 22.4. The lowest BCUT2D eigenvalue weighted by molar-refractivity contribution is -0.143. The first-order valence-corrected chi connectivity index (χ1v) is 13.5. The Bertz CT molecular complexity index is 1230. The molecule has 3 aromatic rings. The van der Waals surface area contributed by atoms with E-state index in [1.807, 2.05) is 51.1 Å². The Hall–Kier alpha value is -2.25. The second kappa shape index (κ2) is 13.0. The zero-order valence-electron chi connectivity index (χ0n) is 20.7. The molecule has 0 aliphatic heterocycles. The molecule has 1 N–H and O–H groups in total. The van der Waals surface area contributed by atoms with Crippen LogP contribution >= 0.6 is 50.7 Å². The first-order valence-electron chi connectivity index (χ1n) is 11.6. The predicted molar refractivity (Wildman–Crippen MR) is 153 cm³/mol. The first-order chi connectivity index (χ1) is 17.4. The molecular weight excluding hydrogens is 599 g/mol. The molecule has 1 unspecified atom stereocenters. The summed E-state index contributed by atoms with van der Waals surface area (Å²) in [4.78, 5) is 28.8. The number of amides is 2. The number of carbonyl (C=O) groups excluding carboxylic acids is 2. The summed E-state index contributed by atoms with van der Waals surface area (Å²) in [5, 5.41) is 4.36. The van der Waals surface area contributed by atoms with Crippen molar-refractivity contribution in [3.8, 4) is 5.75 Å². The Morgan fingerprint density at radius 1 is 0.973 bits per heavy atom. The van der Waals surface area contributed by atoms with Gasteiger partial charge >= 0.3 is 0 Å². The molecular formula is C28H28BrCl3N2O3. The van der Waals surface area contributed by atoms with Crippen LogP contribution in [-0.2, 0) is 22.6 Å². The number of rotatable bonds is 9. The number of nitrogens with zero attached hydrogens (tertiary/aromatic N) is 1. The third kappa shape index (κ3) is 8.64. The molecule has 0 saturated heterocycles. The second-order valence-corrected chi connectivity index (χ2v) is 11.6. The van der Waals surface area contributed by atoms with Gasteiger partial charge in [-0.1, -0.05) is 71.2 Å². The summed E-state index contributed by atoms with van der Waals surface area (Å²) in [5.74, 6) is -0.240. The third-order valence-electron chi connectivity index (χ3n) is 5.40. The lowest BCUT2D eigenvalue weighted by Gasteiger charge is -2.34. The van der Waals surface area contributed by atoms with Crippen LogP contribution in [0.25, 0.3) is 0 Å². The Labute approximate surface area is 241 Å². The monoisotopic (exact) mass is 624 g/mol. The van der Waals surface area contributed by atoms with Crippen LogP contribution in [0.5, 0.6) is 5.75 Å². The summed E-state index contributed by atoms with van der Waals surface area (Å²) in [5.41, 5.74) is 0.947. The van der Waals surface area contributed by atoms with Crippen LogP contribution in [0.3, 0.4) is 0 Å². The van der Waals surface area contributed by atoms with E-state index >= 15 is 0 Å². The highest BCUT2D eigenvalue weighted by Crippen LogP contribution is 2.29. The number of hydrogen-bond acceptors (Lipinski definition) is 3. The van der Waals surface area contributed by atoms with Gasteiger partial charge in [0, 0.05) is 39.1 Å². The molecule has 3 rings (SSSR count). The molecule has 0 aliphatic rings. The Morgan fingerprint density at radius 3 is 2.22 bits per heavy atom. The smallest absolute Gasteiger partial charge is 0.261 e. The van der Waals surface area contributed by atoms with Gasteiger partial charge in [0.2, 0.25) is 5.91 Å². The van der Waals surface area contributed by atoms with Gasteiger partial charge in [-0.15, -0.1) is 0 Å². The van der Waals surface area contributed by atoms with Gasteiger partial charge in [-0.3, -0.25) is 9.59 Å². The molecule has 0 fully saturated rings. The third-order valence-corrected chi connectivity index (χ3v) is 6.97. The summed E-state index contributed by atoms with van der Waals surface area (Å²) in [7, 11) is 0. The largest absolute Gasteiger partial charge is 0.483 e. The minimum atomic E-state index is -0.848. The van der Waals surface area contributed by atoms with Crippen molar-refractivity contribution in [2.75, 3.05) is 6.61 Å². The van der Waals surface area contributed by atoms with Crippen molar-refractivity contribution in [1.29, 1.82) is 0 Å². The van der Waals surface area contributed by atoms with E-state index in [-0.39, 0.29) is 19.1 Å². The summed E-state index contributed by atoms with van der Waals surface area (Å²) in [6, 6.07) is 18.8. The van der Waals surface area contributed by atoms with Crippen LogP contribution in [0.2, 0.25) is 15.1 Å². The van der Waals surface area contributed by atoms with Crippen molar-refractivity contribution in [1.82, 2.24) is 10.2 Å². The molecule has 3 aromatic carbocycles. The predicted octanol–water partition coefficient (Wildman–Crippen LogP) is 7.34. The van der Waals surface area contributed by atoms with E-state index in [4.69, 9.17) is 39.5 Å². The Kier molecular flexibility index (Phi) is 10.3. The van der Waals surface area contributed by atoms with Gasteiger partial charge in [0.15, 0.2) is 6.61 Å². The summed E-state index contributed by atoms with van der Waals surface area (Å²) in [6.45, 7) is 5.39. The van der Waals surface area contributed by atoms with Gasteiger partial charge in [-0.25, -0.2) is 0 Å². The molecule has 1 atom stereocenters. The molecule has 9 heteroatoms. The number of hydrogen-bond donors (Lipinski definition) is 1. The lowest BCUT2D eigenvalue weighted by atomic mass is 10.0. The van der Waals surface area contributed by atoms with Crippen molar-refractivity contribution < 1.29 is 14.3 Å². The number of benzene rings is 3. The number of nitrogens with one attached hydrogen (secondary N) is 1. The zero-order valence-corrected chi connectivity index (χ0v) is 24.6. The minimum absolute atomic E-state index is 0.0253. The van der Waals surface area contributed by atoms with Gasteiger partial charge in [0.05, 0.1) is 4.47 Å². The maximum atomic E-state index is 13.7. The van der Waals surface area contributed by atoms with Crippen LogP contribution in [0, 0.1) is 0 Å². The fourth-order valence-corrected chi connectivity index (χ4v) is 4.99. The molecule has 0 saturated carbocycles. The Morgan fingerprint density at radius 2 is 1.62 bits per heavy atom. The van der Waals surface area contributed by atoms with E-state index in [2.05, 4.69) is 21.2 Å². The van der Waals surface area contributed by atoms with E-state index in [1.165, 1.54) is 4.90 Å². The van der Waals surface area contributed by atoms with Crippen molar-refractivity contribution in [2.24, 2.45) is 0 Å². The van der Waals surface area contributed by atoms with Crippen molar-refractivity contribution >= 4 is 62.5 Å². The fourth-order valence-electron chi connectivity index (χ4n) is 3.68. The summed E-state index contributed by atoms with van der Waals surface area (Å²) < 4.78 is 6.43. The number of ether oxygens (including phenoxy) is 1. The first kappa shape index (κ1) is 29.3. The van der Waals surface area contributed by atoms with E-state index in [9.17, 15) is 9.59 Å². The minimum Gasteiger partial charge on any atom is -0.483 e. The van der Waals surface area contributed by atoms with Gasteiger partial charge in [0.1, 0.15) is 11.8 Å².